The maximum atomic E-state index is 12.5. The monoisotopic (exact) mass is 351 g/mol. The smallest absolute Gasteiger partial charge is 0.294 e. The van der Waals surface area contributed by atoms with Crippen LogP contribution in [0.3, 0.4) is 0 Å². The number of amides is 2. The molecule has 2 aromatic carbocycles. The highest BCUT2D eigenvalue weighted by Gasteiger charge is 2.19. The van der Waals surface area contributed by atoms with Gasteiger partial charge in [0.25, 0.3) is 17.5 Å². The summed E-state index contributed by atoms with van der Waals surface area (Å²) in [4.78, 5) is 38.5. The van der Waals surface area contributed by atoms with E-state index >= 15 is 0 Å². The van der Waals surface area contributed by atoms with Gasteiger partial charge in [0.15, 0.2) is 0 Å². The number of nitrogens with one attached hydrogen (secondary N) is 1. The number of nitro groups is 1. The van der Waals surface area contributed by atoms with Crippen molar-refractivity contribution in [3.8, 4) is 5.69 Å². The lowest BCUT2D eigenvalue weighted by Gasteiger charge is -2.10. The van der Waals surface area contributed by atoms with Gasteiger partial charge in [-0.25, -0.2) is 4.98 Å². The summed E-state index contributed by atoms with van der Waals surface area (Å²) in [6, 6.07) is 10.3. The molecule has 9 nitrogen and oxygen atoms in total. The fourth-order valence-corrected chi connectivity index (χ4v) is 2.43. The third-order valence-corrected chi connectivity index (χ3v) is 3.66. The molecule has 0 saturated carbocycles. The van der Waals surface area contributed by atoms with Gasteiger partial charge in [-0.3, -0.25) is 19.7 Å². The number of aromatic nitrogens is 2. The van der Waals surface area contributed by atoms with Gasteiger partial charge in [-0.2, -0.15) is 0 Å². The van der Waals surface area contributed by atoms with E-state index in [2.05, 4.69) is 10.3 Å². The molecule has 0 aliphatic rings. The van der Waals surface area contributed by atoms with Gasteiger partial charge in [0, 0.05) is 24.0 Å². The lowest BCUT2D eigenvalue weighted by Crippen LogP contribution is -2.18. The summed E-state index contributed by atoms with van der Waals surface area (Å²) < 4.78 is 1.47. The number of para-hydroxylation sites is 1. The highest BCUT2D eigenvalue weighted by Crippen LogP contribution is 2.25. The zero-order valence-corrected chi connectivity index (χ0v) is 13.3. The predicted molar refractivity (Wildman–Crippen MR) is 93.1 cm³/mol. The Morgan fingerprint density at radius 2 is 1.96 bits per heavy atom. The van der Waals surface area contributed by atoms with Gasteiger partial charge < -0.3 is 15.6 Å². The number of anilines is 1. The zero-order chi connectivity index (χ0) is 18.7. The number of carbonyl (C=O) groups excluding carboxylic acids is 2. The van der Waals surface area contributed by atoms with Gasteiger partial charge in [-0.1, -0.05) is 12.1 Å². The standard InChI is InChI=1S/C17H13N5O4/c18-16(23)12-3-1-2-4-13(12)20-17(24)11-5-6-14(15(9-11)22(25)26)21-8-7-19-10-21/h1-10H,(H2,18,23)(H,20,24). The second kappa shape index (κ2) is 6.85. The minimum atomic E-state index is -0.692. The molecule has 2 amide bonds. The van der Waals surface area contributed by atoms with E-state index in [9.17, 15) is 19.7 Å². The van der Waals surface area contributed by atoms with Crippen LogP contribution in [0.4, 0.5) is 11.4 Å². The van der Waals surface area contributed by atoms with Crippen LogP contribution < -0.4 is 11.1 Å². The van der Waals surface area contributed by atoms with Crippen LogP contribution in [0.2, 0.25) is 0 Å². The Hall–Kier alpha value is -4.01. The first-order valence-electron chi connectivity index (χ1n) is 7.44. The van der Waals surface area contributed by atoms with Crippen LogP contribution >= 0.6 is 0 Å². The van der Waals surface area contributed by atoms with Crippen molar-refractivity contribution in [3.63, 3.8) is 0 Å². The van der Waals surface area contributed by atoms with Gasteiger partial charge >= 0.3 is 0 Å². The van der Waals surface area contributed by atoms with E-state index in [1.165, 1.54) is 41.4 Å². The van der Waals surface area contributed by atoms with Crippen molar-refractivity contribution in [1.82, 2.24) is 9.55 Å². The zero-order valence-electron chi connectivity index (χ0n) is 13.3. The molecule has 0 aliphatic heterocycles. The van der Waals surface area contributed by atoms with Gasteiger partial charge in [-0.05, 0) is 24.3 Å². The Kier molecular flexibility index (Phi) is 4.44. The van der Waals surface area contributed by atoms with E-state index in [1.54, 1.807) is 18.3 Å². The molecular formula is C17H13N5O4. The van der Waals surface area contributed by atoms with Crippen LogP contribution in [-0.2, 0) is 0 Å². The number of nitrogens with two attached hydrogens (primary N) is 1. The fourth-order valence-electron chi connectivity index (χ4n) is 2.43. The number of rotatable bonds is 5. The molecule has 0 atom stereocenters. The Bertz CT molecular complexity index is 998. The lowest BCUT2D eigenvalue weighted by atomic mass is 10.1. The topological polar surface area (TPSA) is 133 Å². The number of primary amides is 1. The minimum Gasteiger partial charge on any atom is -0.366 e. The third kappa shape index (κ3) is 3.26. The molecular weight excluding hydrogens is 338 g/mol. The molecule has 1 heterocycles. The summed E-state index contributed by atoms with van der Waals surface area (Å²) in [5.74, 6) is -1.29. The SMILES string of the molecule is NC(=O)c1ccccc1NC(=O)c1ccc(-n2ccnc2)c([N+](=O)[O-])c1. The lowest BCUT2D eigenvalue weighted by molar-refractivity contribution is -0.384. The van der Waals surface area contributed by atoms with Crippen molar-refractivity contribution in [1.29, 1.82) is 0 Å². The Labute approximate surface area is 147 Å². The van der Waals surface area contributed by atoms with E-state index in [0.717, 1.165) is 6.07 Å². The summed E-state index contributed by atoms with van der Waals surface area (Å²) in [6.07, 6.45) is 4.47. The van der Waals surface area contributed by atoms with Crippen molar-refractivity contribution in [2.75, 3.05) is 5.32 Å². The maximum absolute atomic E-state index is 12.5. The molecule has 1 aromatic heterocycles. The van der Waals surface area contributed by atoms with E-state index in [4.69, 9.17) is 5.73 Å². The molecule has 3 aromatic rings. The quantitative estimate of drug-likeness (QED) is 0.536. The van der Waals surface area contributed by atoms with Crippen LogP contribution in [0.25, 0.3) is 5.69 Å². The van der Waals surface area contributed by atoms with Crippen molar-refractivity contribution in [2.45, 2.75) is 0 Å². The van der Waals surface area contributed by atoms with Crippen LogP contribution in [0.1, 0.15) is 20.7 Å². The first-order valence-corrected chi connectivity index (χ1v) is 7.44. The molecule has 0 radical (unpaired) electrons. The highest BCUT2D eigenvalue weighted by atomic mass is 16.6. The predicted octanol–water partition coefficient (Wildman–Crippen LogP) is 2.13. The van der Waals surface area contributed by atoms with E-state index in [0.29, 0.717) is 0 Å². The van der Waals surface area contributed by atoms with Gasteiger partial charge in [0.05, 0.1) is 22.5 Å². The summed E-state index contributed by atoms with van der Waals surface area (Å²) in [5.41, 5.74) is 5.75. The number of carbonyl (C=O) groups is 2. The fraction of sp³-hybridized carbons (Fsp3) is 0. The van der Waals surface area contributed by atoms with Gasteiger partial charge in [0.2, 0.25) is 0 Å². The van der Waals surface area contributed by atoms with Crippen molar-refractivity contribution in [3.05, 3.63) is 82.4 Å². The summed E-state index contributed by atoms with van der Waals surface area (Å²) in [5, 5.41) is 13.9. The molecule has 0 spiro atoms. The number of imidazole rings is 1. The number of hydrogen-bond donors (Lipinski definition) is 2. The van der Waals surface area contributed by atoms with Crippen molar-refractivity contribution in [2.24, 2.45) is 5.73 Å². The highest BCUT2D eigenvalue weighted by molar-refractivity contribution is 6.09. The number of benzene rings is 2. The molecule has 26 heavy (non-hydrogen) atoms. The van der Waals surface area contributed by atoms with E-state index in [1.807, 2.05) is 0 Å². The molecule has 9 heteroatoms. The molecule has 0 unspecified atom stereocenters. The van der Waals surface area contributed by atoms with E-state index < -0.39 is 16.7 Å². The largest absolute Gasteiger partial charge is 0.366 e. The van der Waals surface area contributed by atoms with Crippen LogP contribution in [0, 0.1) is 10.1 Å². The summed E-state index contributed by atoms with van der Waals surface area (Å²) in [7, 11) is 0. The number of nitrogens with zero attached hydrogens (tertiary/aromatic N) is 3. The minimum absolute atomic E-state index is 0.0693. The third-order valence-electron chi connectivity index (χ3n) is 3.66. The van der Waals surface area contributed by atoms with Crippen LogP contribution in [-0.4, -0.2) is 26.3 Å². The van der Waals surface area contributed by atoms with Gasteiger partial charge in [0.1, 0.15) is 5.69 Å². The Balaban J connectivity index is 1.95. The maximum Gasteiger partial charge on any atom is 0.294 e. The molecule has 3 rings (SSSR count). The molecule has 130 valence electrons. The Morgan fingerprint density at radius 1 is 1.19 bits per heavy atom. The van der Waals surface area contributed by atoms with Crippen LogP contribution in [0.5, 0.6) is 0 Å². The normalized spacial score (nSPS) is 10.3. The average molecular weight is 351 g/mol. The van der Waals surface area contributed by atoms with Crippen LogP contribution in [0.15, 0.2) is 61.2 Å². The van der Waals surface area contributed by atoms with Crippen molar-refractivity contribution < 1.29 is 14.5 Å². The summed E-state index contributed by atoms with van der Waals surface area (Å²) >= 11 is 0. The average Bonchev–Trinajstić information content (AvgIpc) is 3.16. The van der Waals surface area contributed by atoms with E-state index in [-0.39, 0.29) is 28.2 Å². The second-order valence-electron chi connectivity index (χ2n) is 5.29. The molecule has 3 N–H and O–H groups in total. The first-order chi connectivity index (χ1) is 12.5. The summed E-state index contributed by atoms with van der Waals surface area (Å²) in [6.45, 7) is 0. The number of nitro benzene ring substituents is 1. The second-order valence-corrected chi connectivity index (χ2v) is 5.29. The first kappa shape index (κ1) is 16.8. The Morgan fingerprint density at radius 3 is 2.62 bits per heavy atom. The molecule has 0 fully saturated rings. The number of hydrogen-bond acceptors (Lipinski definition) is 5. The van der Waals surface area contributed by atoms with Crippen molar-refractivity contribution >= 4 is 23.2 Å². The molecule has 0 aliphatic carbocycles. The molecule has 0 saturated heterocycles. The molecule has 0 bridgehead atoms. The van der Waals surface area contributed by atoms with Gasteiger partial charge in [-0.15, -0.1) is 0 Å².